The molecule has 3 heteroatoms. The Hall–Kier alpha value is -2.13. The smallest absolute Gasteiger partial charge is 0.126 e. The van der Waals surface area contributed by atoms with Gasteiger partial charge in [0.1, 0.15) is 5.82 Å². The van der Waals surface area contributed by atoms with E-state index < -0.39 is 0 Å². The second kappa shape index (κ2) is 6.10. The summed E-state index contributed by atoms with van der Waals surface area (Å²) in [5.74, 6) is -0.230. The molecule has 0 fully saturated rings. The summed E-state index contributed by atoms with van der Waals surface area (Å²) >= 11 is 0. The van der Waals surface area contributed by atoms with Crippen LogP contribution in [0, 0.1) is 26.6 Å². The van der Waals surface area contributed by atoms with Gasteiger partial charge >= 0.3 is 0 Å². The third kappa shape index (κ3) is 3.14. The van der Waals surface area contributed by atoms with Crippen LogP contribution in [0.3, 0.4) is 0 Å². The first-order valence-electron chi connectivity index (χ1n) is 6.94. The highest BCUT2D eigenvalue weighted by atomic mass is 19.1. The molecule has 0 atom stereocenters. The Labute approximate surface area is 125 Å². The number of rotatable bonds is 4. The van der Waals surface area contributed by atoms with E-state index in [9.17, 15) is 4.39 Å². The first kappa shape index (κ1) is 15.3. The zero-order valence-electron chi connectivity index (χ0n) is 12.8. The Kier molecular flexibility index (Phi) is 4.43. The minimum Gasteiger partial charge on any atom is -0.328 e. The SMILES string of the molecule is C=C(c1ccc(C)c(F)c1)N(CN)c1cc(C)ccc1C. The maximum Gasteiger partial charge on any atom is 0.126 e. The van der Waals surface area contributed by atoms with E-state index in [0.717, 1.165) is 22.4 Å². The molecule has 2 N–H and O–H groups in total. The number of benzene rings is 2. The summed E-state index contributed by atoms with van der Waals surface area (Å²) in [7, 11) is 0. The molecule has 0 spiro atoms. The second-order valence-electron chi connectivity index (χ2n) is 5.31. The molecule has 0 radical (unpaired) electrons. The van der Waals surface area contributed by atoms with E-state index in [4.69, 9.17) is 5.73 Å². The van der Waals surface area contributed by atoms with Gasteiger partial charge in [-0.3, -0.25) is 0 Å². The third-order valence-electron chi connectivity index (χ3n) is 3.67. The average molecular weight is 284 g/mol. The van der Waals surface area contributed by atoms with Crippen molar-refractivity contribution in [2.24, 2.45) is 5.73 Å². The highest BCUT2D eigenvalue weighted by Gasteiger charge is 2.14. The zero-order valence-corrected chi connectivity index (χ0v) is 12.8. The lowest BCUT2D eigenvalue weighted by Gasteiger charge is -2.27. The van der Waals surface area contributed by atoms with Crippen molar-refractivity contribution >= 4 is 11.4 Å². The van der Waals surface area contributed by atoms with Crippen molar-refractivity contribution in [1.82, 2.24) is 0 Å². The van der Waals surface area contributed by atoms with Gasteiger partial charge in [0.2, 0.25) is 0 Å². The largest absolute Gasteiger partial charge is 0.328 e. The van der Waals surface area contributed by atoms with Crippen LogP contribution < -0.4 is 10.6 Å². The summed E-state index contributed by atoms with van der Waals surface area (Å²) in [6.45, 7) is 10.2. The van der Waals surface area contributed by atoms with Crippen molar-refractivity contribution < 1.29 is 4.39 Å². The molecule has 21 heavy (non-hydrogen) atoms. The lowest BCUT2D eigenvalue weighted by molar-refractivity contribution is 0.618. The molecule has 0 aliphatic heterocycles. The van der Waals surface area contributed by atoms with E-state index in [1.807, 2.05) is 24.8 Å². The Morgan fingerprint density at radius 1 is 1.10 bits per heavy atom. The fraction of sp³-hybridized carbons (Fsp3) is 0.222. The van der Waals surface area contributed by atoms with Crippen LogP contribution in [0.2, 0.25) is 0 Å². The van der Waals surface area contributed by atoms with Crippen molar-refractivity contribution in [1.29, 1.82) is 0 Å². The molecule has 0 aliphatic rings. The van der Waals surface area contributed by atoms with Gasteiger partial charge in [0.05, 0.1) is 6.67 Å². The van der Waals surface area contributed by atoms with E-state index in [1.165, 1.54) is 6.07 Å². The van der Waals surface area contributed by atoms with Crippen LogP contribution in [-0.4, -0.2) is 6.67 Å². The number of anilines is 1. The van der Waals surface area contributed by atoms with Gasteiger partial charge < -0.3 is 10.6 Å². The van der Waals surface area contributed by atoms with Crippen LogP contribution in [0.4, 0.5) is 10.1 Å². The summed E-state index contributed by atoms with van der Waals surface area (Å²) in [4.78, 5) is 1.91. The normalized spacial score (nSPS) is 10.5. The third-order valence-corrected chi connectivity index (χ3v) is 3.67. The second-order valence-corrected chi connectivity index (χ2v) is 5.31. The van der Waals surface area contributed by atoms with Crippen molar-refractivity contribution in [2.75, 3.05) is 11.6 Å². The Bertz CT molecular complexity index is 677. The highest BCUT2D eigenvalue weighted by molar-refractivity contribution is 5.79. The molecule has 0 aromatic heterocycles. The minimum atomic E-state index is -0.230. The minimum absolute atomic E-state index is 0.230. The molecule has 0 bridgehead atoms. The number of hydrogen-bond acceptors (Lipinski definition) is 2. The molecule has 0 amide bonds. The molecule has 0 saturated carbocycles. The molecule has 0 unspecified atom stereocenters. The van der Waals surface area contributed by atoms with Crippen molar-refractivity contribution in [3.63, 3.8) is 0 Å². The van der Waals surface area contributed by atoms with Crippen LogP contribution in [0.5, 0.6) is 0 Å². The summed E-state index contributed by atoms with van der Waals surface area (Å²) in [5, 5.41) is 0. The standard InChI is InChI=1S/C18H21FN2/c1-12-5-6-14(3)18(9-12)21(11-20)15(4)16-8-7-13(2)17(19)10-16/h5-10H,4,11,20H2,1-3H3. The number of halogens is 1. The van der Waals surface area contributed by atoms with Gasteiger partial charge in [-0.25, -0.2) is 4.39 Å². The van der Waals surface area contributed by atoms with Crippen molar-refractivity contribution in [2.45, 2.75) is 20.8 Å². The molecule has 2 aromatic rings. The summed E-state index contributed by atoms with van der Waals surface area (Å²) in [6, 6.07) is 11.3. The van der Waals surface area contributed by atoms with Crippen LogP contribution in [0.15, 0.2) is 43.0 Å². The quantitative estimate of drug-likeness (QED) is 0.855. The molecule has 2 rings (SSSR count). The topological polar surface area (TPSA) is 29.3 Å². The van der Waals surface area contributed by atoms with Crippen LogP contribution in [-0.2, 0) is 0 Å². The number of hydrogen-bond donors (Lipinski definition) is 1. The Balaban J connectivity index is 2.43. The van der Waals surface area contributed by atoms with Crippen LogP contribution in [0.1, 0.15) is 22.3 Å². The summed E-state index contributed by atoms with van der Waals surface area (Å²) in [5.41, 5.74) is 11.2. The predicted octanol–water partition coefficient (Wildman–Crippen LogP) is 4.14. The fourth-order valence-electron chi connectivity index (χ4n) is 2.29. The van der Waals surface area contributed by atoms with Crippen LogP contribution >= 0.6 is 0 Å². The summed E-state index contributed by atoms with van der Waals surface area (Å²) in [6.07, 6.45) is 0. The molecular formula is C18H21FN2. The van der Waals surface area contributed by atoms with Gasteiger partial charge in [-0.05, 0) is 49.6 Å². The number of nitrogens with zero attached hydrogens (tertiary/aromatic N) is 1. The lowest BCUT2D eigenvalue weighted by atomic mass is 10.1. The number of aryl methyl sites for hydroxylation is 3. The fourth-order valence-corrected chi connectivity index (χ4v) is 2.29. The molecule has 0 saturated heterocycles. The zero-order chi connectivity index (χ0) is 15.6. The predicted molar refractivity (Wildman–Crippen MR) is 87.6 cm³/mol. The van der Waals surface area contributed by atoms with E-state index in [-0.39, 0.29) is 5.82 Å². The molecule has 0 aliphatic carbocycles. The van der Waals surface area contributed by atoms with Gasteiger partial charge in [-0.2, -0.15) is 0 Å². The highest BCUT2D eigenvalue weighted by Crippen LogP contribution is 2.28. The monoisotopic (exact) mass is 284 g/mol. The Morgan fingerprint density at radius 2 is 1.76 bits per heavy atom. The van der Waals surface area contributed by atoms with Crippen molar-refractivity contribution in [3.8, 4) is 0 Å². The van der Waals surface area contributed by atoms with Gasteiger partial charge in [0, 0.05) is 16.9 Å². The van der Waals surface area contributed by atoms with Crippen molar-refractivity contribution in [3.05, 3.63) is 71.0 Å². The van der Waals surface area contributed by atoms with E-state index in [0.29, 0.717) is 17.9 Å². The molecule has 0 heterocycles. The maximum atomic E-state index is 13.8. The van der Waals surface area contributed by atoms with Gasteiger partial charge in [-0.15, -0.1) is 0 Å². The number of nitrogens with two attached hydrogens (primary N) is 1. The van der Waals surface area contributed by atoms with E-state index in [1.54, 1.807) is 13.0 Å². The Morgan fingerprint density at radius 3 is 2.38 bits per heavy atom. The van der Waals surface area contributed by atoms with Crippen LogP contribution in [0.25, 0.3) is 5.70 Å². The van der Waals surface area contributed by atoms with E-state index >= 15 is 0 Å². The van der Waals surface area contributed by atoms with Gasteiger partial charge in [0.15, 0.2) is 0 Å². The maximum absolute atomic E-state index is 13.8. The first-order valence-corrected chi connectivity index (χ1v) is 6.94. The average Bonchev–Trinajstić information content (AvgIpc) is 2.46. The molecule has 2 nitrogen and oxygen atoms in total. The van der Waals surface area contributed by atoms with Gasteiger partial charge in [-0.1, -0.05) is 30.8 Å². The first-order chi connectivity index (χ1) is 9.93. The lowest BCUT2D eigenvalue weighted by Crippen LogP contribution is -2.28. The molecular weight excluding hydrogens is 263 g/mol. The molecule has 110 valence electrons. The molecule has 2 aromatic carbocycles. The van der Waals surface area contributed by atoms with Gasteiger partial charge in [0.25, 0.3) is 0 Å². The van der Waals surface area contributed by atoms with E-state index in [2.05, 4.69) is 24.8 Å². The summed E-state index contributed by atoms with van der Waals surface area (Å²) < 4.78 is 13.8.